The SMILES string of the molecule is C.C.C.CN(C)[C@@H]1c2onc(OCc3ccccc3)c2C(=O)[C@@]2(O)C(=O)C=CC[C@@H]12.CN(C)[C@@H]1c2onc(OCc3ccccc3)c2C(=O)[C@@]2(O)C(=O)C=CC[C@@H]12.CN(C)[C@@H]1c2onc(OCc3ccccc3)c2C(=O)[C@@]2(O[Si](C)(C)C(C)(C)C)C(=O)C=CC[C@@H]12.CN(C)[C@@H]1c2onc(OCc3ccccc3)c2C(=O)[C@@]23O[C@@H](C=C2CO)C[C@@H]13.ClB(Cl)Cl. The normalized spacial score (nSPS) is 25.8. The number of carbonyl (C=O) groups is 7. The van der Waals surface area contributed by atoms with Crippen LogP contribution in [0, 0.1) is 23.7 Å². The van der Waals surface area contributed by atoms with Crippen molar-refractivity contribution >= 4 is 88.1 Å². The van der Waals surface area contributed by atoms with E-state index in [2.05, 4.69) is 54.5 Å². The molecule has 1 fully saturated rings. The molecule has 123 heavy (non-hydrogen) atoms. The Morgan fingerprint density at radius 1 is 0.455 bits per heavy atom. The van der Waals surface area contributed by atoms with Gasteiger partial charge < -0.3 is 61.5 Å². The van der Waals surface area contributed by atoms with Crippen molar-refractivity contribution in [1.82, 2.24) is 40.2 Å². The van der Waals surface area contributed by atoms with Gasteiger partial charge in [-0.2, -0.15) is 34.4 Å². The summed E-state index contributed by atoms with van der Waals surface area (Å²) in [7, 11) is 12.4. The molecule has 17 rings (SSSR count). The highest BCUT2D eigenvalue weighted by Gasteiger charge is 2.69. The Balaban J connectivity index is 0.000000168. The number of halogens is 3. The summed E-state index contributed by atoms with van der Waals surface area (Å²) in [5.41, 5.74) is -2.07. The van der Waals surface area contributed by atoms with Crippen LogP contribution in [0.5, 0.6) is 23.5 Å². The van der Waals surface area contributed by atoms with Gasteiger partial charge in [0.05, 0.1) is 36.9 Å². The molecule has 28 nitrogen and oxygen atoms in total. The van der Waals surface area contributed by atoms with Crippen molar-refractivity contribution in [3.8, 4) is 23.5 Å². The molecule has 656 valence electrons. The minimum absolute atomic E-state index is 0. The number of benzene rings is 4. The van der Waals surface area contributed by atoms with Crippen LogP contribution in [0.15, 0.2) is 188 Å². The number of Topliss-reactive ketones (excluding diaryl/α,β-unsaturated/α-hetero) is 4. The smallest absolute Gasteiger partial charge is 0.450 e. The molecule has 7 aliphatic carbocycles. The van der Waals surface area contributed by atoms with Crippen LogP contribution in [-0.4, -0.2) is 201 Å². The number of allylic oxidation sites excluding steroid dienone is 3. The standard InChI is InChI=1S/C26H34N2O5Si.C21H22N2O5.2C20H20N2O5.3CH4.BCl3/c1-25(2,3)34(6,7)33-26-18(14-11-15-19(26)29)21(28(4)5)22-20(23(26)30)24(27-32-22)31-16-17-12-9-8-10-13-17;1-23(2)17-15-9-14-8-13(10-24)21(15,27-14)19(25)16-18(17)28-22-20(16)26-11-12-6-4-3-5-7-12;2*1-22(2)16-13-9-6-10-14(23)20(13,25)18(24)15-17(16)27-21-19(15)26-11-12-7-4-3-5-8-12;;;;2-1(3)4/h8-13,15,18,21H,14,16H2,1-7H3;3-8,14-15,17,24H,9-11H2,1-2H3;2*3-8,10,13,16,25H,9,11H2,1-2H3;3*1H4;/t18-,21-,26-;14-,15-,17-,21+;2*13-,16-,20-;;;;/m0000..../s1. The van der Waals surface area contributed by atoms with E-state index in [0.717, 1.165) is 22.3 Å². The highest BCUT2D eigenvalue weighted by Crippen LogP contribution is 2.60. The van der Waals surface area contributed by atoms with Crippen molar-refractivity contribution < 1.29 is 95.1 Å². The largest absolute Gasteiger partial charge is 0.470 e. The second-order valence-electron chi connectivity index (χ2n) is 33.2. The van der Waals surface area contributed by atoms with Crippen LogP contribution in [0.4, 0.5) is 0 Å². The summed E-state index contributed by atoms with van der Waals surface area (Å²) in [6.45, 7) is 11.1. The average Bonchev–Trinajstić information content (AvgIpc) is 1.54. The second kappa shape index (κ2) is 38.5. The number of nitrogens with zero attached hydrogens (tertiary/aromatic N) is 8. The van der Waals surface area contributed by atoms with Gasteiger partial charge in [0, 0.05) is 23.7 Å². The lowest BCUT2D eigenvalue weighted by Gasteiger charge is -2.51. The first-order valence-corrected chi connectivity index (χ1v) is 43.5. The Kier molecular flexibility index (Phi) is 29.9. The number of hydrogen-bond acceptors (Lipinski definition) is 28. The third-order valence-electron chi connectivity index (χ3n) is 24.0. The Bertz CT molecular complexity index is 5110. The number of aromatic nitrogens is 4. The zero-order chi connectivity index (χ0) is 86.3. The van der Waals surface area contributed by atoms with Crippen LogP contribution >= 0.6 is 34.4 Å². The number of carbonyl (C=O) groups excluding carboxylic acids is 7. The van der Waals surface area contributed by atoms with Gasteiger partial charge in [0.25, 0.3) is 23.5 Å². The van der Waals surface area contributed by atoms with E-state index in [1.807, 2.05) is 181 Å². The summed E-state index contributed by atoms with van der Waals surface area (Å²) in [6, 6.07) is 36.7. The number of aliphatic hydroxyl groups is 3. The lowest BCUT2D eigenvalue weighted by molar-refractivity contribution is -0.137. The van der Waals surface area contributed by atoms with Crippen LogP contribution in [0.2, 0.25) is 18.1 Å². The van der Waals surface area contributed by atoms with E-state index in [1.165, 1.54) is 18.2 Å². The first-order valence-electron chi connectivity index (χ1n) is 39.3. The molecule has 6 heterocycles. The summed E-state index contributed by atoms with van der Waals surface area (Å²) >= 11 is 14.4. The lowest BCUT2D eigenvalue weighted by atomic mass is 9.65. The molecule has 0 amide bonds. The van der Waals surface area contributed by atoms with E-state index in [1.54, 1.807) is 40.3 Å². The van der Waals surface area contributed by atoms with Gasteiger partial charge in [0.2, 0.25) is 23.1 Å². The molecule has 0 saturated carbocycles. The van der Waals surface area contributed by atoms with E-state index in [0.29, 0.717) is 59.9 Å². The Labute approximate surface area is 732 Å². The quantitative estimate of drug-likeness (QED) is 0.0384. The molecule has 33 heteroatoms. The predicted molar refractivity (Wildman–Crippen MR) is 464 cm³/mol. The molecule has 4 aromatic heterocycles. The van der Waals surface area contributed by atoms with Crippen molar-refractivity contribution in [2.24, 2.45) is 23.7 Å². The van der Waals surface area contributed by atoms with Crippen LogP contribution < -0.4 is 18.9 Å². The van der Waals surface area contributed by atoms with E-state index in [4.69, 9.17) is 80.6 Å². The highest BCUT2D eigenvalue weighted by atomic mass is 35.6. The van der Waals surface area contributed by atoms with E-state index >= 15 is 0 Å². The van der Waals surface area contributed by atoms with Crippen molar-refractivity contribution in [3.63, 3.8) is 0 Å². The molecule has 2 bridgehead atoms. The fraction of sp³-hybridized carbons (Fsp3) is 0.433. The van der Waals surface area contributed by atoms with Crippen LogP contribution in [0.3, 0.4) is 0 Å². The van der Waals surface area contributed by atoms with Gasteiger partial charge in [0.1, 0.15) is 48.7 Å². The number of ketones is 7. The number of rotatable bonds is 19. The first-order chi connectivity index (χ1) is 57.1. The maximum Gasteiger partial charge on any atom is 0.450 e. The number of ether oxygens (including phenoxy) is 5. The second-order valence-corrected chi connectivity index (χ2v) is 39.9. The molecular weight excluding hydrogens is 1660 g/mol. The molecule has 13 atom stereocenters. The maximum absolute atomic E-state index is 14.3. The number of hydrogen-bond donors (Lipinski definition) is 3. The maximum atomic E-state index is 14.3. The fourth-order valence-electron chi connectivity index (χ4n) is 17.4. The molecule has 0 radical (unpaired) electrons. The summed E-state index contributed by atoms with van der Waals surface area (Å²) < 4.78 is 58.5. The monoisotopic (exact) mass is 1760 g/mol. The highest BCUT2D eigenvalue weighted by molar-refractivity contribution is 7.54. The van der Waals surface area contributed by atoms with Crippen LogP contribution in [-0.2, 0) is 50.0 Å². The van der Waals surface area contributed by atoms with Gasteiger partial charge in [-0.05, 0) is 167 Å². The third kappa shape index (κ3) is 17.7. The van der Waals surface area contributed by atoms with Gasteiger partial charge in [-0.25, -0.2) is 0 Å². The van der Waals surface area contributed by atoms with Gasteiger partial charge in [-0.15, -0.1) is 0 Å². The van der Waals surface area contributed by atoms with Crippen molar-refractivity contribution in [2.75, 3.05) is 63.0 Å². The lowest BCUT2D eigenvalue weighted by Crippen LogP contribution is -2.65. The van der Waals surface area contributed by atoms with Gasteiger partial charge in [0.15, 0.2) is 71.1 Å². The molecule has 9 aliphatic rings. The van der Waals surface area contributed by atoms with Crippen LogP contribution in [0.25, 0.3) is 0 Å². The molecule has 1 spiro atoms. The molecule has 2 aliphatic heterocycles. The Morgan fingerprint density at radius 3 is 1.07 bits per heavy atom. The summed E-state index contributed by atoms with van der Waals surface area (Å²) in [6.07, 6.45) is 12.9. The van der Waals surface area contributed by atoms with Gasteiger partial charge in [-0.3, -0.25) is 53.2 Å². The zero-order valence-corrected chi connectivity index (χ0v) is 72.0. The first kappa shape index (κ1) is 95.6. The van der Waals surface area contributed by atoms with E-state index in [9.17, 15) is 48.9 Å². The minimum Gasteiger partial charge on any atom is -0.470 e. The summed E-state index contributed by atoms with van der Waals surface area (Å²) in [4.78, 5) is 99.7. The third-order valence-corrected chi connectivity index (χ3v) is 28.5. The number of aliphatic hydroxyl groups excluding tert-OH is 1. The molecule has 1 saturated heterocycles. The average molecular weight is 1770 g/mol. The van der Waals surface area contributed by atoms with E-state index < -0.39 is 94.4 Å². The predicted octanol–water partition coefficient (Wildman–Crippen LogP) is 14.5. The Morgan fingerprint density at radius 2 is 0.748 bits per heavy atom. The Hall–Kier alpha value is -9.64. The zero-order valence-electron chi connectivity index (χ0n) is 68.7. The molecule has 8 aromatic rings. The van der Waals surface area contributed by atoms with Crippen molar-refractivity contribution in [2.45, 2.75) is 166 Å². The molecular formula is C90H108BCl3N8O20Si. The number of fused-ring (bicyclic) bond motifs is 8. The van der Waals surface area contributed by atoms with Crippen molar-refractivity contribution in [3.05, 3.63) is 237 Å². The molecule has 3 N–H and O–H groups in total. The summed E-state index contributed by atoms with van der Waals surface area (Å²) in [5.74, 6) is -3.55. The van der Waals surface area contributed by atoms with Gasteiger partial charge >= 0.3 is 4.96 Å². The van der Waals surface area contributed by atoms with Gasteiger partial charge in [-0.1, -0.05) is 189 Å². The molecule has 0 unspecified atom stereocenters. The summed E-state index contributed by atoms with van der Waals surface area (Å²) in [5, 5.41) is 48.0. The minimum atomic E-state index is -2.53. The topological polar surface area (TPSA) is 353 Å². The fourth-order valence-corrected chi connectivity index (χ4v) is 18.9. The van der Waals surface area contributed by atoms with Crippen LogP contribution in [0.1, 0.15) is 180 Å². The van der Waals surface area contributed by atoms with Crippen molar-refractivity contribution in [1.29, 1.82) is 0 Å². The van der Waals surface area contributed by atoms with E-state index in [-0.39, 0.29) is 136 Å². The molecule has 4 aromatic carbocycles.